The molecule has 0 fully saturated rings. The van der Waals surface area contributed by atoms with Crippen molar-refractivity contribution >= 4 is 15.5 Å². The number of hydrogen-bond donors (Lipinski definition) is 2. The second-order valence-corrected chi connectivity index (χ2v) is 6.08. The monoisotopic (exact) mass is 297 g/mol. The zero-order chi connectivity index (χ0) is 14.7. The van der Waals surface area contributed by atoms with Crippen molar-refractivity contribution in [3.05, 3.63) is 24.3 Å². The second kappa shape index (κ2) is 5.79. The molecule has 0 bridgehead atoms. The maximum absolute atomic E-state index is 12.3. The smallest absolute Gasteiger partial charge is 0.396 e. The Hall–Kier alpha value is -1.28. The number of rotatable bonds is 5. The summed E-state index contributed by atoms with van der Waals surface area (Å²) >= 11 is 0. The van der Waals surface area contributed by atoms with E-state index < -0.39 is 20.2 Å². The molecular weight excluding hydrogens is 283 g/mol. The Morgan fingerprint density at radius 2 is 1.79 bits per heavy atom. The van der Waals surface area contributed by atoms with Gasteiger partial charge in [0.05, 0.1) is 4.90 Å². The number of sulfone groups is 1. The van der Waals surface area contributed by atoms with E-state index in [1.807, 2.05) is 0 Å². The zero-order valence-corrected chi connectivity index (χ0v) is 10.9. The van der Waals surface area contributed by atoms with E-state index in [2.05, 4.69) is 5.32 Å². The zero-order valence-electron chi connectivity index (χ0n) is 10.1. The summed E-state index contributed by atoms with van der Waals surface area (Å²) in [6, 6.07) is 4.30. The van der Waals surface area contributed by atoms with Crippen LogP contribution in [0.2, 0.25) is 0 Å². The fourth-order valence-electron chi connectivity index (χ4n) is 1.24. The molecule has 2 N–H and O–H groups in total. The third-order valence-electron chi connectivity index (χ3n) is 2.44. The summed E-state index contributed by atoms with van der Waals surface area (Å²) in [5, 5.41) is 11.7. The molecule has 0 amide bonds. The van der Waals surface area contributed by atoms with E-state index in [9.17, 15) is 21.6 Å². The Morgan fingerprint density at radius 1 is 1.26 bits per heavy atom. The molecule has 0 spiro atoms. The van der Waals surface area contributed by atoms with E-state index in [4.69, 9.17) is 5.11 Å². The average Bonchev–Trinajstić information content (AvgIpc) is 2.35. The number of halogens is 3. The van der Waals surface area contributed by atoms with Crippen molar-refractivity contribution in [2.45, 2.75) is 17.3 Å². The van der Waals surface area contributed by atoms with E-state index >= 15 is 0 Å². The molecule has 0 aliphatic rings. The van der Waals surface area contributed by atoms with E-state index in [-0.39, 0.29) is 12.5 Å². The van der Waals surface area contributed by atoms with Crippen molar-refractivity contribution in [1.29, 1.82) is 0 Å². The Bertz CT molecular complexity index is 511. The van der Waals surface area contributed by atoms with Gasteiger partial charge >= 0.3 is 5.51 Å². The SMILES string of the molecule is CC(CO)CNc1ccc(S(=O)(=O)C(F)(F)F)cc1. The van der Waals surface area contributed by atoms with E-state index in [1.165, 1.54) is 12.1 Å². The first-order valence-electron chi connectivity index (χ1n) is 5.44. The van der Waals surface area contributed by atoms with Crippen LogP contribution in [0, 0.1) is 5.92 Å². The lowest BCUT2D eigenvalue weighted by molar-refractivity contribution is -0.0436. The predicted molar refractivity (Wildman–Crippen MR) is 64.4 cm³/mol. The van der Waals surface area contributed by atoms with Gasteiger partial charge in [-0.1, -0.05) is 6.92 Å². The summed E-state index contributed by atoms with van der Waals surface area (Å²) < 4.78 is 59.1. The lowest BCUT2D eigenvalue weighted by Gasteiger charge is -2.12. The van der Waals surface area contributed by atoms with Gasteiger partial charge in [0.2, 0.25) is 0 Å². The molecule has 19 heavy (non-hydrogen) atoms. The Morgan fingerprint density at radius 3 is 2.21 bits per heavy atom. The number of aliphatic hydroxyl groups excluding tert-OH is 1. The number of alkyl halides is 3. The first-order valence-corrected chi connectivity index (χ1v) is 6.93. The minimum atomic E-state index is -5.30. The molecule has 0 aliphatic carbocycles. The van der Waals surface area contributed by atoms with Gasteiger partial charge in [0.1, 0.15) is 0 Å². The number of aliphatic hydroxyl groups is 1. The third kappa shape index (κ3) is 3.84. The van der Waals surface area contributed by atoms with Crippen molar-refractivity contribution in [3.8, 4) is 0 Å². The first kappa shape index (κ1) is 15.8. The maximum Gasteiger partial charge on any atom is 0.501 e. The van der Waals surface area contributed by atoms with Crippen LogP contribution in [0.5, 0.6) is 0 Å². The predicted octanol–water partition coefficient (Wildman–Crippen LogP) is 2.02. The van der Waals surface area contributed by atoms with Crippen LogP contribution in [-0.2, 0) is 9.84 Å². The van der Waals surface area contributed by atoms with Crippen LogP contribution in [0.15, 0.2) is 29.2 Å². The average molecular weight is 297 g/mol. The van der Waals surface area contributed by atoms with Crippen molar-refractivity contribution in [2.75, 3.05) is 18.5 Å². The number of hydrogen-bond acceptors (Lipinski definition) is 4. The molecule has 1 aromatic carbocycles. The van der Waals surface area contributed by atoms with Crippen LogP contribution in [0.3, 0.4) is 0 Å². The van der Waals surface area contributed by atoms with Gasteiger partial charge in [0, 0.05) is 18.8 Å². The van der Waals surface area contributed by atoms with Crippen LogP contribution in [0.4, 0.5) is 18.9 Å². The van der Waals surface area contributed by atoms with E-state index in [0.717, 1.165) is 12.1 Å². The molecule has 1 aromatic rings. The fourth-order valence-corrected chi connectivity index (χ4v) is 2.00. The molecule has 1 atom stereocenters. The lowest BCUT2D eigenvalue weighted by Crippen LogP contribution is -2.23. The maximum atomic E-state index is 12.3. The van der Waals surface area contributed by atoms with E-state index in [0.29, 0.717) is 12.2 Å². The van der Waals surface area contributed by atoms with Gasteiger partial charge < -0.3 is 10.4 Å². The highest BCUT2D eigenvalue weighted by atomic mass is 32.2. The molecule has 0 saturated carbocycles. The minimum Gasteiger partial charge on any atom is -0.396 e. The normalized spacial score (nSPS) is 14.2. The number of anilines is 1. The number of nitrogens with one attached hydrogen (secondary N) is 1. The van der Waals surface area contributed by atoms with Crippen LogP contribution < -0.4 is 5.32 Å². The summed E-state index contributed by atoms with van der Waals surface area (Å²) in [5.41, 5.74) is -4.81. The molecule has 0 heterocycles. The van der Waals surface area contributed by atoms with Crippen molar-refractivity contribution in [1.82, 2.24) is 0 Å². The summed E-state index contributed by atoms with van der Waals surface area (Å²) in [6.45, 7) is 2.20. The minimum absolute atomic E-state index is 0.0152. The van der Waals surface area contributed by atoms with Gasteiger partial charge in [-0.25, -0.2) is 8.42 Å². The molecule has 0 aromatic heterocycles. The van der Waals surface area contributed by atoms with Gasteiger partial charge in [-0.2, -0.15) is 13.2 Å². The fraction of sp³-hybridized carbons (Fsp3) is 0.455. The van der Waals surface area contributed by atoms with Gasteiger partial charge in [0.25, 0.3) is 9.84 Å². The highest BCUT2D eigenvalue weighted by Crippen LogP contribution is 2.30. The molecule has 4 nitrogen and oxygen atoms in total. The van der Waals surface area contributed by atoms with Crippen molar-refractivity contribution in [3.63, 3.8) is 0 Å². The third-order valence-corrected chi connectivity index (χ3v) is 3.94. The molecule has 1 rings (SSSR count). The largest absolute Gasteiger partial charge is 0.501 e. The first-order chi connectivity index (χ1) is 8.68. The molecule has 0 saturated heterocycles. The van der Waals surface area contributed by atoms with Crippen LogP contribution >= 0.6 is 0 Å². The highest BCUT2D eigenvalue weighted by molar-refractivity contribution is 7.92. The van der Waals surface area contributed by atoms with Crippen LogP contribution in [0.1, 0.15) is 6.92 Å². The standard InChI is InChI=1S/C11H14F3NO3S/c1-8(7-16)6-15-9-2-4-10(5-3-9)19(17,18)11(12,13)14/h2-5,8,15-16H,6-7H2,1H3. The van der Waals surface area contributed by atoms with Crippen molar-refractivity contribution < 1.29 is 26.7 Å². The Balaban J connectivity index is 2.83. The summed E-state index contributed by atoms with van der Waals surface area (Å²) in [4.78, 5) is -0.791. The molecule has 0 radical (unpaired) electrons. The number of benzene rings is 1. The Kier molecular flexibility index (Phi) is 4.81. The topological polar surface area (TPSA) is 66.4 Å². The lowest BCUT2D eigenvalue weighted by atomic mass is 10.2. The van der Waals surface area contributed by atoms with Crippen LogP contribution in [0.25, 0.3) is 0 Å². The molecule has 1 unspecified atom stereocenters. The van der Waals surface area contributed by atoms with Gasteiger partial charge in [-0.3, -0.25) is 0 Å². The Labute approximate surface area is 109 Å². The second-order valence-electron chi connectivity index (χ2n) is 4.14. The van der Waals surface area contributed by atoms with Gasteiger partial charge in [-0.15, -0.1) is 0 Å². The molecule has 108 valence electrons. The highest BCUT2D eigenvalue weighted by Gasteiger charge is 2.46. The van der Waals surface area contributed by atoms with Crippen molar-refractivity contribution in [2.24, 2.45) is 5.92 Å². The van der Waals surface area contributed by atoms with E-state index in [1.54, 1.807) is 6.92 Å². The molecule has 8 heteroatoms. The van der Waals surface area contributed by atoms with Crippen LogP contribution in [-0.4, -0.2) is 32.2 Å². The summed E-state index contributed by atoms with van der Waals surface area (Å²) in [5.74, 6) is -0.0152. The summed E-state index contributed by atoms with van der Waals surface area (Å²) in [6.07, 6.45) is 0. The molecule has 0 aliphatic heterocycles. The molecular formula is C11H14F3NO3S. The summed E-state index contributed by atoms with van der Waals surface area (Å²) in [7, 11) is -5.30. The quantitative estimate of drug-likeness (QED) is 0.872. The van der Waals surface area contributed by atoms with Gasteiger partial charge in [0.15, 0.2) is 0 Å². The van der Waals surface area contributed by atoms with Gasteiger partial charge in [-0.05, 0) is 30.2 Å².